The molecule has 5 aromatic rings. The highest BCUT2D eigenvalue weighted by atomic mass is 35.5. The fourth-order valence-electron chi connectivity index (χ4n) is 3.03. The van der Waals surface area contributed by atoms with Gasteiger partial charge >= 0.3 is 0 Å². The molecule has 0 saturated heterocycles. The van der Waals surface area contributed by atoms with Crippen molar-refractivity contribution in [3.05, 3.63) is 88.3 Å². The zero-order chi connectivity index (χ0) is 19.8. The lowest BCUT2D eigenvalue weighted by Gasteiger charge is -2.00. The van der Waals surface area contributed by atoms with E-state index in [0.717, 1.165) is 16.0 Å². The van der Waals surface area contributed by atoms with Crippen LogP contribution in [0.3, 0.4) is 0 Å². The van der Waals surface area contributed by atoms with Gasteiger partial charge in [-0.2, -0.15) is 4.98 Å². The molecule has 0 unspecified atom stereocenters. The van der Waals surface area contributed by atoms with E-state index in [4.69, 9.17) is 16.1 Å². The molecular weight excluding hydrogens is 408 g/mol. The zero-order valence-electron chi connectivity index (χ0n) is 14.9. The first-order valence-corrected chi connectivity index (χ1v) is 10.00. The summed E-state index contributed by atoms with van der Waals surface area (Å²) in [5.41, 5.74) is 1.67. The molecule has 5 rings (SSSR count). The second-order valence-electron chi connectivity index (χ2n) is 6.40. The fraction of sp³-hybridized carbons (Fsp3) is 0.0476. The minimum Gasteiger partial charge on any atom is -0.337 e. The van der Waals surface area contributed by atoms with Gasteiger partial charge in [0, 0.05) is 15.5 Å². The van der Waals surface area contributed by atoms with E-state index in [1.165, 1.54) is 22.2 Å². The van der Waals surface area contributed by atoms with Crippen LogP contribution in [0.4, 0.5) is 0 Å². The molecule has 0 bridgehead atoms. The molecule has 0 saturated carbocycles. The van der Waals surface area contributed by atoms with Crippen LogP contribution in [0.25, 0.3) is 32.0 Å². The highest BCUT2D eigenvalue weighted by molar-refractivity contribution is 7.21. The third kappa shape index (κ3) is 3.46. The lowest BCUT2D eigenvalue weighted by Crippen LogP contribution is -2.20. The van der Waals surface area contributed by atoms with E-state index < -0.39 is 0 Å². The van der Waals surface area contributed by atoms with Crippen molar-refractivity contribution in [3.63, 3.8) is 0 Å². The Morgan fingerprint density at radius 3 is 2.69 bits per heavy atom. The van der Waals surface area contributed by atoms with Gasteiger partial charge in [0.05, 0.1) is 11.7 Å². The summed E-state index contributed by atoms with van der Waals surface area (Å²) in [6.07, 6.45) is 1.51. The number of nitrogens with zero attached hydrogens (tertiary/aromatic N) is 4. The Kier molecular flexibility index (Phi) is 4.46. The Morgan fingerprint density at radius 1 is 1.03 bits per heavy atom. The monoisotopic (exact) mass is 420 g/mol. The highest BCUT2D eigenvalue weighted by Crippen LogP contribution is 2.30. The molecular formula is C21H13ClN4O2S. The molecule has 3 aromatic heterocycles. The summed E-state index contributed by atoms with van der Waals surface area (Å²) in [4.78, 5) is 23.4. The number of benzene rings is 2. The number of hydrogen-bond acceptors (Lipinski definition) is 6. The van der Waals surface area contributed by atoms with Crippen LogP contribution in [0.15, 0.2) is 76.3 Å². The van der Waals surface area contributed by atoms with Gasteiger partial charge in [-0.25, -0.2) is 4.98 Å². The first kappa shape index (κ1) is 17.8. The first-order chi connectivity index (χ1) is 14.2. The van der Waals surface area contributed by atoms with Crippen LogP contribution in [0.5, 0.6) is 0 Å². The van der Waals surface area contributed by atoms with E-state index in [-0.39, 0.29) is 12.1 Å². The van der Waals surface area contributed by atoms with Crippen LogP contribution in [-0.2, 0) is 6.54 Å². The van der Waals surface area contributed by atoms with Gasteiger partial charge in [0.25, 0.3) is 5.56 Å². The standard InChI is InChI=1S/C21H13ClN4O2S/c22-15-8-4-7-14(9-15)19-24-18(28-25-19)11-26-12-23-20-16(21(26)27)10-17(29-20)13-5-2-1-3-6-13/h1-10,12H,11H2. The summed E-state index contributed by atoms with van der Waals surface area (Å²) >= 11 is 7.51. The number of fused-ring (bicyclic) bond motifs is 1. The number of thiophene rings is 1. The maximum absolute atomic E-state index is 12.9. The van der Waals surface area contributed by atoms with Crippen molar-refractivity contribution in [2.75, 3.05) is 0 Å². The molecule has 142 valence electrons. The van der Waals surface area contributed by atoms with Crippen molar-refractivity contribution in [3.8, 4) is 21.8 Å². The quantitative estimate of drug-likeness (QED) is 0.414. The molecule has 0 N–H and O–H groups in total. The van der Waals surface area contributed by atoms with Crippen LogP contribution >= 0.6 is 22.9 Å². The van der Waals surface area contributed by atoms with Crippen LogP contribution in [0.1, 0.15) is 5.89 Å². The molecule has 6 nitrogen and oxygen atoms in total. The SMILES string of the molecule is O=c1c2cc(-c3ccccc3)sc2ncn1Cc1nc(-c2cccc(Cl)c2)no1. The van der Waals surface area contributed by atoms with Crippen molar-refractivity contribution in [2.24, 2.45) is 0 Å². The molecule has 0 radical (unpaired) electrons. The van der Waals surface area contributed by atoms with E-state index >= 15 is 0 Å². The maximum atomic E-state index is 12.9. The normalized spacial score (nSPS) is 11.2. The minimum absolute atomic E-state index is 0.143. The molecule has 2 aromatic carbocycles. The highest BCUT2D eigenvalue weighted by Gasteiger charge is 2.14. The van der Waals surface area contributed by atoms with Gasteiger partial charge in [-0.15, -0.1) is 11.3 Å². The minimum atomic E-state index is -0.143. The van der Waals surface area contributed by atoms with E-state index in [2.05, 4.69) is 15.1 Å². The number of halogens is 1. The van der Waals surface area contributed by atoms with Crippen LogP contribution in [0.2, 0.25) is 5.02 Å². The van der Waals surface area contributed by atoms with Gasteiger partial charge in [0.2, 0.25) is 11.7 Å². The van der Waals surface area contributed by atoms with Crippen molar-refractivity contribution in [2.45, 2.75) is 6.54 Å². The molecule has 0 amide bonds. The Bertz CT molecular complexity index is 1370. The first-order valence-electron chi connectivity index (χ1n) is 8.80. The Labute approximate surface area is 174 Å². The van der Waals surface area contributed by atoms with E-state index in [1.807, 2.05) is 48.5 Å². The smallest absolute Gasteiger partial charge is 0.262 e. The second-order valence-corrected chi connectivity index (χ2v) is 7.86. The molecule has 0 aliphatic heterocycles. The summed E-state index contributed by atoms with van der Waals surface area (Å²) < 4.78 is 6.79. The Hall–Kier alpha value is -3.29. The fourth-order valence-corrected chi connectivity index (χ4v) is 4.21. The summed E-state index contributed by atoms with van der Waals surface area (Å²) in [5, 5.41) is 5.15. The van der Waals surface area contributed by atoms with Crippen molar-refractivity contribution in [1.82, 2.24) is 19.7 Å². The van der Waals surface area contributed by atoms with Crippen LogP contribution < -0.4 is 5.56 Å². The maximum Gasteiger partial charge on any atom is 0.262 e. The third-order valence-corrected chi connectivity index (χ3v) is 5.76. The van der Waals surface area contributed by atoms with Gasteiger partial charge < -0.3 is 4.52 Å². The Morgan fingerprint density at radius 2 is 1.86 bits per heavy atom. The van der Waals surface area contributed by atoms with Gasteiger partial charge in [-0.1, -0.05) is 59.2 Å². The lowest BCUT2D eigenvalue weighted by atomic mass is 10.2. The number of hydrogen-bond donors (Lipinski definition) is 0. The van der Waals surface area contributed by atoms with Gasteiger partial charge in [0.1, 0.15) is 11.4 Å². The molecule has 0 atom stereocenters. The lowest BCUT2D eigenvalue weighted by molar-refractivity contribution is 0.369. The topological polar surface area (TPSA) is 73.8 Å². The van der Waals surface area contributed by atoms with Gasteiger partial charge in [-0.3, -0.25) is 9.36 Å². The largest absolute Gasteiger partial charge is 0.337 e. The average molecular weight is 421 g/mol. The summed E-state index contributed by atoms with van der Waals surface area (Å²) in [6, 6.07) is 19.0. The number of aromatic nitrogens is 4. The molecule has 8 heteroatoms. The molecule has 0 fully saturated rings. The summed E-state index contributed by atoms with van der Waals surface area (Å²) in [7, 11) is 0. The predicted octanol–water partition coefficient (Wildman–Crippen LogP) is 4.88. The van der Waals surface area contributed by atoms with E-state index in [1.54, 1.807) is 12.1 Å². The van der Waals surface area contributed by atoms with Crippen LogP contribution in [-0.4, -0.2) is 19.7 Å². The van der Waals surface area contributed by atoms with E-state index in [9.17, 15) is 4.79 Å². The molecule has 0 aliphatic rings. The second kappa shape index (κ2) is 7.27. The van der Waals surface area contributed by atoms with Crippen molar-refractivity contribution in [1.29, 1.82) is 0 Å². The van der Waals surface area contributed by atoms with E-state index in [0.29, 0.717) is 27.0 Å². The average Bonchev–Trinajstić information content (AvgIpc) is 3.39. The predicted molar refractivity (Wildman–Crippen MR) is 113 cm³/mol. The molecule has 0 aliphatic carbocycles. The Balaban J connectivity index is 1.47. The third-order valence-electron chi connectivity index (χ3n) is 4.43. The van der Waals surface area contributed by atoms with Gasteiger partial charge in [0.15, 0.2) is 0 Å². The zero-order valence-corrected chi connectivity index (χ0v) is 16.5. The van der Waals surface area contributed by atoms with Gasteiger partial charge in [-0.05, 0) is 23.8 Å². The number of rotatable bonds is 4. The molecule has 29 heavy (non-hydrogen) atoms. The molecule has 0 spiro atoms. The molecule has 3 heterocycles. The summed E-state index contributed by atoms with van der Waals surface area (Å²) in [6.45, 7) is 0.145. The van der Waals surface area contributed by atoms with Crippen molar-refractivity contribution < 1.29 is 4.52 Å². The van der Waals surface area contributed by atoms with Crippen LogP contribution in [0, 0.1) is 0 Å². The van der Waals surface area contributed by atoms with Crippen molar-refractivity contribution >= 4 is 33.2 Å². The summed E-state index contributed by atoms with van der Waals surface area (Å²) in [5.74, 6) is 0.744.